The van der Waals surface area contributed by atoms with Crippen LogP contribution in [0.25, 0.3) is 0 Å². The Morgan fingerprint density at radius 1 is 1.15 bits per heavy atom. The maximum absolute atomic E-state index is 6.04. The third kappa shape index (κ3) is 3.20. The van der Waals surface area contributed by atoms with Crippen molar-refractivity contribution in [3.63, 3.8) is 0 Å². The predicted molar refractivity (Wildman–Crippen MR) is 80.9 cm³/mol. The Morgan fingerprint density at radius 2 is 1.70 bits per heavy atom. The Bertz CT molecular complexity index is 387. The molecule has 0 bridgehead atoms. The molecule has 2 N–H and O–H groups in total. The van der Waals surface area contributed by atoms with Crippen LogP contribution in [0, 0.1) is 0 Å². The quantitative estimate of drug-likeness (QED) is 0.856. The fourth-order valence-corrected chi connectivity index (χ4v) is 3.14. The van der Waals surface area contributed by atoms with E-state index in [0.717, 1.165) is 13.1 Å². The summed E-state index contributed by atoms with van der Waals surface area (Å²) in [7, 11) is 3.50. The van der Waals surface area contributed by atoms with E-state index < -0.39 is 0 Å². The van der Waals surface area contributed by atoms with Crippen LogP contribution in [0.5, 0.6) is 0 Å². The molecule has 1 aliphatic heterocycles. The average molecular weight is 278 g/mol. The topological polar surface area (TPSA) is 47.7 Å². The van der Waals surface area contributed by atoms with E-state index in [1.54, 1.807) is 14.2 Å². The van der Waals surface area contributed by atoms with Crippen molar-refractivity contribution in [2.24, 2.45) is 5.73 Å². The molecule has 1 fully saturated rings. The van der Waals surface area contributed by atoms with Gasteiger partial charge in [0.15, 0.2) is 0 Å². The summed E-state index contributed by atoms with van der Waals surface area (Å²) in [6.07, 6.45) is 0.272. The minimum Gasteiger partial charge on any atom is -0.377 e. The summed E-state index contributed by atoms with van der Waals surface area (Å²) in [5, 5.41) is 0. The standard InChI is InChI=1S/C16H26N2O2/c1-12(13-7-5-4-6-8-13)14(9-17)18-10-15(19-2)16(11-18)20-3/h4-8,12,14-16H,9-11,17H2,1-3H3. The van der Waals surface area contributed by atoms with Crippen molar-refractivity contribution in [3.05, 3.63) is 35.9 Å². The summed E-state index contributed by atoms with van der Waals surface area (Å²) in [5.74, 6) is 0.398. The first-order chi connectivity index (χ1) is 9.71. The first-order valence-corrected chi connectivity index (χ1v) is 7.25. The van der Waals surface area contributed by atoms with Crippen molar-refractivity contribution < 1.29 is 9.47 Å². The maximum Gasteiger partial charge on any atom is 0.0971 e. The zero-order valence-corrected chi connectivity index (χ0v) is 12.7. The molecule has 4 heteroatoms. The molecule has 0 saturated carbocycles. The van der Waals surface area contributed by atoms with Crippen LogP contribution in [0.2, 0.25) is 0 Å². The lowest BCUT2D eigenvalue weighted by Crippen LogP contribution is -2.43. The Morgan fingerprint density at radius 3 is 2.15 bits per heavy atom. The molecule has 4 nitrogen and oxygen atoms in total. The van der Waals surface area contributed by atoms with Crippen LogP contribution in [-0.2, 0) is 9.47 Å². The van der Waals surface area contributed by atoms with E-state index >= 15 is 0 Å². The van der Waals surface area contributed by atoms with Gasteiger partial charge < -0.3 is 15.2 Å². The predicted octanol–water partition coefficient (Wildman–Crippen LogP) is 1.46. The van der Waals surface area contributed by atoms with Crippen molar-refractivity contribution in [2.45, 2.75) is 31.1 Å². The second-order valence-electron chi connectivity index (χ2n) is 5.50. The summed E-state index contributed by atoms with van der Waals surface area (Å²) in [6.45, 7) is 4.65. The number of ether oxygens (including phenoxy) is 2. The minimum absolute atomic E-state index is 0.136. The van der Waals surface area contributed by atoms with Gasteiger partial charge in [0.1, 0.15) is 0 Å². The smallest absolute Gasteiger partial charge is 0.0971 e. The third-order valence-corrected chi connectivity index (χ3v) is 4.46. The molecule has 1 aromatic rings. The van der Waals surface area contributed by atoms with E-state index in [9.17, 15) is 0 Å². The Hall–Kier alpha value is -0.940. The molecule has 0 amide bonds. The summed E-state index contributed by atoms with van der Waals surface area (Å²) in [6, 6.07) is 10.9. The van der Waals surface area contributed by atoms with E-state index in [1.165, 1.54) is 5.56 Å². The van der Waals surface area contributed by atoms with Crippen LogP contribution in [0.3, 0.4) is 0 Å². The molecule has 1 saturated heterocycles. The number of benzene rings is 1. The monoisotopic (exact) mass is 278 g/mol. The van der Waals surface area contributed by atoms with Gasteiger partial charge in [-0.1, -0.05) is 37.3 Å². The lowest BCUT2D eigenvalue weighted by molar-refractivity contribution is -0.00461. The zero-order chi connectivity index (χ0) is 14.5. The summed E-state index contributed by atoms with van der Waals surface area (Å²) >= 11 is 0. The second-order valence-corrected chi connectivity index (χ2v) is 5.50. The van der Waals surface area contributed by atoms with Gasteiger partial charge in [-0.3, -0.25) is 4.90 Å². The van der Waals surface area contributed by atoms with E-state index in [-0.39, 0.29) is 12.2 Å². The molecular weight excluding hydrogens is 252 g/mol. The molecule has 4 atom stereocenters. The average Bonchev–Trinajstić information content (AvgIpc) is 2.92. The second kappa shape index (κ2) is 7.18. The number of nitrogens with zero attached hydrogens (tertiary/aromatic N) is 1. The van der Waals surface area contributed by atoms with Gasteiger partial charge in [-0.15, -0.1) is 0 Å². The highest BCUT2D eigenvalue weighted by Gasteiger charge is 2.37. The lowest BCUT2D eigenvalue weighted by atomic mass is 9.92. The van der Waals surface area contributed by atoms with Crippen molar-refractivity contribution in [2.75, 3.05) is 33.9 Å². The van der Waals surface area contributed by atoms with Gasteiger partial charge in [-0.2, -0.15) is 0 Å². The Balaban J connectivity index is 2.09. The van der Waals surface area contributed by atoms with E-state index in [4.69, 9.17) is 15.2 Å². The largest absolute Gasteiger partial charge is 0.377 e. The molecule has 112 valence electrons. The maximum atomic E-state index is 6.04. The molecule has 2 rings (SSSR count). The first-order valence-electron chi connectivity index (χ1n) is 7.25. The fourth-order valence-electron chi connectivity index (χ4n) is 3.14. The van der Waals surface area contributed by atoms with Crippen LogP contribution in [0.15, 0.2) is 30.3 Å². The minimum atomic E-state index is 0.136. The van der Waals surface area contributed by atoms with Gasteiger partial charge in [0.25, 0.3) is 0 Å². The molecule has 0 radical (unpaired) electrons. The van der Waals surface area contributed by atoms with Crippen LogP contribution >= 0.6 is 0 Å². The molecule has 0 spiro atoms. The third-order valence-electron chi connectivity index (χ3n) is 4.46. The van der Waals surface area contributed by atoms with Gasteiger partial charge in [-0.05, 0) is 11.5 Å². The number of hydrogen-bond acceptors (Lipinski definition) is 4. The number of hydrogen-bond donors (Lipinski definition) is 1. The highest BCUT2D eigenvalue weighted by molar-refractivity contribution is 5.21. The molecular formula is C16H26N2O2. The van der Waals surface area contributed by atoms with Gasteiger partial charge in [0, 0.05) is 39.9 Å². The normalized spacial score (nSPS) is 26.6. The molecule has 1 aliphatic rings. The van der Waals surface area contributed by atoms with Crippen molar-refractivity contribution in [1.82, 2.24) is 4.90 Å². The number of likely N-dealkylation sites (tertiary alicyclic amines) is 1. The Labute approximate surface area is 121 Å². The first kappa shape index (κ1) is 15.4. The van der Waals surface area contributed by atoms with Crippen molar-refractivity contribution in [1.29, 1.82) is 0 Å². The van der Waals surface area contributed by atoms with Gasteiger partial charge >= 0.3 is 0 Å². The van der Waals surface area contributed by atoms with E-state index in [2.05, 4.69) is 36.1 Å². The van der Waals surface area contributed by atoms with E-state index in [0.29, 0.717) is 18.5 Å². The molecule has 20 heavy (non-hydrogen) atoms. The molecule has 0 aliphatic carbocycles. The molecule has 4 unspecified atom stereocenters. The van der Waals surface area contributed by atoms with Gasteiger partial charge in [-0.25, -0.2) is 0 Å². The Kier molecular flexibility index (Phi) is 5.54. The number of methoxy groups -OCH3 is 2. The summed E-state index contributed by atoms with van der Waals surface area (Å²) < 4.78 is 11.0. The SMILES string of the molecule is COC1CN(C(CN)C(C)c2ccccc2)CC1OC. The van der Waals surface area contributed by atoms with Crippen LogP contribution < -0.4 is 5.73 Å². The van der Waals surface area contributed by atoms with Crippen molar-refractivity contribution in [3.8, 4) is 0 Å². The van der Waals surface area contributed by atoms with Gasteiger partial charge in [0.05, 0.1) is 12.2 Å². The van der Waals surface area contributed by atoms with E-state index in [1.807, 2.05) is 6.07 Å². The highest BCUT2D eigenvalue weighted by atomic mass is 16.5. The molecule has 0 aromatic heterocycles. The van der Waals surface area contributed by atoms with Crippen molar-refractivity contribution >= 4 is 0 Å². The highest BCUT2D eigenvalue weighted by Crippen LogP contribution is 2.27. The fraction of sp³-hybridized carbons (Fsp3) is 0.625. The lowest BCUT2D eigenvalue weighted by Gasteiger charge is -2.32. The van der Waals surface area contributed by atoms with Crippen LogP contribution in [0.1, 0.15) is 18.4 Å². The zero-order valence-electron chi connectivity index (χ0n) is 12.7. The number of rotatable bonds is 6. The summed E-state index contributed by atoms with van der Waals surface area (Å²) in [4.78, 5) is 2.40. The molecule has 1 aromatic carbocycles. The van der Waals surface area contributed by atoms with Crippen LogP contribution in [-0.4, -0.2) is 57.0 Å². The molecule has 1 heterocycles. The number of nitrogens with two attached hydrogens (primary N) is 1. The van der Waals surface area contributed by atoms with Crippen LogP contribution in [0.4, 0.5) is 0 Å². The van der Waals surface area contributed by atoms with Gasteiger partial charge in [0.2, 0.25) is 0 Å². The summed E-state index contributed by atoms with van der Waals surface area (Å²) in [5.41, 5.74) is 7.37.